The number of carbonyl (C=O) groups is 3. The fraction of sp³-hybridized carbons (Fsp3) is 0.200. The molecule has 0 aliphatic carbocycles. The van der Waals surface area contributed by atoms with Crippen molar-refractivity contribution in [2.75, 3.05) is 10.6 Å². The van der Waals surface area contributed by atoms with Gasteiger partial charge in [-0.3, -0.25) is 19.1 Å². The second-order valence-electron chi connectivity index (χ2n) is 5.28. The van der Waals surface area contributed by atoms with Crippen molar-refractivity contribution in [3.8, 4) is 0 Å². The molecule has 0 fully saturated rings. The van der Waals surface area contributed by atoms with Crippen LogP contribution >= 0.6 is 23.4 Å². The highest BCUT2D eigenvalue weighted by Crippen LogP contribution is 2.38. The summed E-state index contributed by atoms with van der Waals surface area (Å²) in [6.45, 7) is -0.296. The summed E-state index contributed by atoms with van der Waals surface area (Å²) in [7, 11) is 0. The van der Waals surface area contributed by atoms with Crippen LogP contribution in [0.4, 0.5) is 11.5 Å². The zero-order chi connectivity index (χ0) is 18.0. The quantitative estimate of drug-likeness (QED) is 0.731. The van der Waals surface area contributed by atoms with Gasteiger partial charge in [0.25, 0.3) is 0 Å². The number of amides is 2. The molecule has 2 aromatic rings. The molecule has 0 saturated carbocycles. The molecule has 130 valence electrons. The maximum Gasteiger partial charge on any atom is 0.325 e. The Labute approximate surface area is 151 Å². The number of rotatable bonds is 5. The van der Waals surface area contributed by atoms with Gasteiger partial charge in [-0.15, -0.1) is 11.8 Å². The van der Waals surface area contributed by atoms with Crippen LogP contribution in [0.2, 0.25) is 5.02 Å². The summed E-state index contributed by atoms with van der Waals surface area (Å²) < 4.78 is 1.19. The van der Waals surface area contributed by atoms with Crippen LogP contribution in [-0.2, 0) is 20.9 Å². The molecule has 0 saturated heterocycles. The number of aromatic nitrogens is 2. The molecule has 0 bridgehead atoms. The zero-order valence-corrected chi connectivity index (χ0v) is 14.3. The summed E-state index contributed by atoms with van der Waals surface area (Å²) >= 11 is 7.19. The number of thioether (sulfide) groups is 1. The molecule has 0 radical (unpaired) electrons. The number of hydrogen-bond donors (Lipinski definition) is 3. The summed E-state index contributed by atoms with van der Waals surface area (Å²) in [5, 5.41) is 17.9. The van der Waals surface area contributed by atoms with E-state index in [-0.39, 0.29) is 30.6 Å². The Balaban J connectivity index is 1.61. The summed E-state index contributed by atoms with van der Waals surface area (Å²) in [4.78, 5) is 35.7. The van der Waals surface area contributed by atoms with Gasteiger partial charge in [0.15, 0.2) is 5.82 Å². The number of anilines is 2. The zero-order valence-electron chi connectivity index (χ0n) is 12.7. The van der Waals surface area contributed by atoms with E-state index in [9.17, 15) is 14.4 Å². The van der Waals surface area contributed by atoms with Gasteiger partial charge in [0.05, 0.1) is 10.9 Å². The SMILES string of the molecule is O=C(O)Cn1ccc(NC(=O)C[C@H]2Sc3ccc(Cl)cc3NC2=O)n1. The molecule has 0 unspecified atom stereocenters. The van der Waals surface area contributed by atoms with Crippen molar-refractivity contribution in [3.63, 3.8) is 0 Å². The number of halogens is 1. The largest absolute Gasteiger partial charge is 0.480 e. The Hall–Kier alpha value is -2.52. The number of fused-ring (bicyclic) bond motifs is 1. The topological polar surface area (TPSA) is 113 Å². The van der Waals surface area contributed by atoms with E-state index in [0.29, 0.717) is 10.7 Å². The number of nitrogens with zero attached hydrogens (tertiary/aromatic N) is 2. The number of hydrogen-bond acceptors (Lipinski definition) is 5. The van der Waals surface area contributed by atoms with Crippen LogP contribution in [0.5, 0.6) is 0 Å². The second kappa shape index (κ2) is 7.16. The third-order valence-corrected chi connectivity index (χ3v) is 4.85. The number of carboxylic acid groups (broad SMARTS) is 1. The van der Waals surface area contributed by atoms with E-state index in [4.69, 9.17) is 16.7 Å². The van der Waals surface area contributed by atoms with E-state index in [1.807, 2.05) is 0 Å². The number of benzene rings is 1. The van der Waals surface area contributed by atoms with Gasteiger partial charge >= 0.3 is 5.97 Å². The maximum absolute atomic E-state index is 12.1. The number of nitrogens with one attached hydrogen (secondary N) is 2. The minimum absolute atomic E-state index is 0.0373. The fourth-order valence-corrected chi connectivity index (χ4v) is 3.54. The van der Waals surface area contributed by atoms with Crippen molar-refractivity contribution >= 4 is 52.7 Å². The van der Waals surface area contributed by atoms with Gasteiger partial charge in [-0.2, -0.15) is 5.10 Å². The van der Waals surface area contributed by atoms with Crippen LogP contribution in [0.3, 0.4) is 0 Å². The lowest BCUT2D eigenvalue weighted by Crippen LogP contribution is -2.32. The maximum atomic E-state index is 12.1. The van der Waals surface area contributed by atoms with Crippen molar-refractivity contribution in [1.82, 2.24) is 9.78 Å². The second-order valence-corrected chi connectivity index (χ2v) is 6.96. The van der Waals surface area contributed by atoms with Crippen molar-refractivity contribution in [2.45, 2.75) is 23.1 Å². The Morgan fingerprint density at radius 1 is 1.40 bits per heavy atom. The lowest BCUT2D eigenvalue weighted by atomic mass is 10.2. The van der Waals surface area contributed by atoms with Crippen molar-refractivity contribution in [1.29, 1.82) is 0 Å². The standard InChI is InChI=1S/C15H13ClN4O4S/c16-8-1-2-10-9(5-8)17-15(24)11(25-10)6-13(21)18-12-3-4-20(19-12)7-14(22)23/h1-5,11H,6-7H2,(H,17,24)(H,22,23)(H,18,19,21)/t11-/m1/s1. The first-order chi connectivity index (χ1) is 11.9. The van der Waals surface area contributed by atoms with E-state index in [2.05, 4.69) is 15.7 Å². The van der Waals surface area contributed by atoms with Crippen LogP contribution in [0.25, 0.3) is 0 Å². The highest BCUT2D eigenvalue weighted by Gasteiger charge is 2.29. The van der Waals surface area contributed by atoms with E-state index in [0.717, 1.165) is 4.90 Å². The Morgan fingerprint density at radius 2 is 2.20 bits per heavy atom. The molecule has 1 aliphatic rings. The van der Waals surface area contributed by atoms with Crippen molar-refractivity contribution < 1.29 is 19.5 Å². The molecular weight excluding hydrogens is 368 g/mol. The lowest BCUT2D eigenvalue weighted by molar-refractivity contribution is -0.137. The van der Waals surface area contributed by atoms with Crippen LogP contribution in [-0.4, -0.2) is 37.9 Å². The molecule has 2 heterocycles. The molecule has 10 heteroatoms. The van der Waals surface area contributed by atoms with Crippen LogP contribution < -0.4 is 10.6 Å². The summed E-state index contributed by atoms with van der Waals surface area (Å²) in [6, 6.07) is 6.66. The first-order valence-electron chi connectivity index (χ1n) is 7.23. The lowest BCUT2D eigenvalue weighted by Gasteiger charge is -2.23. The van der Waals surface area contributed by atoms with Crippen LogP contribution in [0.15, 0.2) is 35.4 Å². The molecule has 2 amide bonds. The molecule has 1 aromatic heterocycles. The summed E-state index contributed by atoms with van der Waals surface area (Å²) in [6.07, 6.45) is 1.41. The van der Waals surface area contributed by atoms with Gasteiger partial charge in [0, 0.05) is 28.6 Å². The van der Waals surface area contributed by atoms with E-state index in [1.165, 1.54) is 28.7 Å². The molecule has 0 spiro atoms. The normalized spacial score (nSPS) is 16.0. The molecule has 25 heavy (non-hydrogen) atoms. The third-order valence-electron chi connectivity index (χ3n) is 3.34. The van der Waals surface area contributed by atoms with Gasteiger partial charge in [0.2, 0.25) is 11.8 Å². The smallest absolute Gasteiger partial charge is 0.325 e. The molecule has 8 nitrogen and oxygen atoms in total. The summed E-state index contributed by atoms with van der Waals surface area (Å²) in [5.74, 6) is -1.45. The molecular formula is C15H13ClN4O4S. The Bertz CT molecular complexity index is 854. The van der Waals surface area contributed by atoms with Crippen LogP contribution in [0.1, 0.15) is 6.42 Å². The van der Waals surface area contributed by atoms with Crippen molar-refractivity contribution in [2.24, 2.45) is 0 Å². The number of aliphatic carboxylic acids is 1. The predicted molar refractivity (Wildman–Crippen MR) is 92.8 cm³/mol. The molecule has 1 aromatic carbocycles. The summed E-state index contributed by atoms with van der Waals surface area (Å²) in [5.41, 5.74) is 0.631. The first-order valence-corrected chi connectivity index (χ1v) is 8.48. The molecule has 3 N–H and O–H groups in total. The average Bonchev–Trinajstić information content (AvgIpc) is 2.94. The third kappa shape index (κ3) is 4.31. The van der Waals surface area contributed by atoms with E-state index in [1.54, 1.807) is 18.2 Å². The minimum Gasteiger partial charge on any atom is -0.480 e. The van der Waals surface area contributed by atoms with Gasteiger partial charge in [-0.05, 0) is 18.2 Å². The molecule has 3 rings (SSSR count). The van der Waals surface area contributed by atoms with E-state index >= 15 is 0 Å². The average molecular weight is 381 g/mol. The van der Waals surface area contributed by atoms with Crippen molar-refractivity contribution in [3.05, 3.63) is 35.5 Å². The number of carbonyl (C=O) groups excluding carboxylic acids is 2. The fourth-order valence-electron chi connectivity index (χ4n) is 2.27. The van der Waals surface area contributed by atoms with Gasteiger partial charge in [-0.1, -0.05) is 11.6 Å². The Morgan fingerprint density at radius 3 is 2.96 bits per heavy atom. The highest BCUT2D eigenvalue weighted by molar-refractivity contribution is 8.01. The molecule has 1 atom stereocenters. The Kier molecular flexibility index (Phi) is 4.95. The van der Waals surface area contributed by atoms with E-state index < -0.39 is 11.2 Å². The predicted octanol–water partition coefficient (Wildman–Crippen LogP) is 2.06. The molecule has 1 aliphatic heterocycles. The number of carboxylic acids is 1. The highest BCUT2D eigenvalue weighted by atomic mass is 35.5. The van der Waals surface area contributed by atoms with Gasteiger partial charge < -0.3 is 15.7 Å². The van der Waals surface area contributed by atoms with Gasteiger partial charge in [-0.25, -0.2) is 0 Å². The minimum atomic E-state index is -1.03. The van der Waals surface area contributed by atoms with Crippen LogP contribution in [0, 0.1) is 0 Å². The first kappa shape index (κ1) is 17.3. The van der Waals surface area contributed by atoms with Gasteiger partial charge in [0.1, 0.15) is 6.54 Å². The monoisotopic (exact) mass is 380 g/mol.